The largest absolute Gasteiger partial charge is 0.507 e. The number of nitrogens with zero attached hydrogens (tertiary/aromatic N) is 4. The second-order valence-corrected chi connectivity index (χ2v) is 7.36. The number of ketones is 1. The quantitative estimate of drug-likeness (QED) is 0.201. The van der Waals surface area contributed by atoms with Crippen LogP contribution < -0.4 is 0 Å². The average Bonchev–Trinajstić information content (AvgIpc) is 3.41. The van der Waals surface area contributed by atoms with Crippen LogP contribution in [0.5, 0.6) is 0 Å². The summed E-state index contributed by atoms with van der Waals surface area (Å²) in [5, 5.41) is 22.0. The van der Waals surface area contributed by atoms with Gasteiger partial charge in [0.15, 0.2) is 0 Å². The minimum Gasteiger partial charge on any atom is -0.507 e. The zero-order valence-corrected chi connectivity index (χ0v) is 17.0. The number of imidazole rings is 1. The van der Waals surface area contributed by atoms with Crippen LogP contribution in [0.15, 0.2) is 78.9 Å². The third-order valence-electron chi connectivity index (χ3n) is 5.38. The summed E-state index contributed by atoms with van der Waals surface area (Å²) < 4.78 is 1.86. The lowest BCUT2D eigenvalue weighted by molar-refractivity contribution is -0.384. The SMILES string of the molecule is O=C1C(=O)N(CCCn2ccnc2)C(c2ccc([N+](=O)[O-])cc2)/C1=C(\O)c1ccccc1. The summed E-state index contributed by atoms with van der Waals surface area (Å²) in [5.74, 6) is -1.77. The summed E-state index contributed by atoms with van der Waals surface area (Å²) in [7, 11) is 0. The van der Waals surface area contributed by atoms with Crippen molar-refractivity contribution in [1.82, 2.24) is 14.5 Å². The Bertz CT molecular complexity index is 1170. The maximum atomic E-state index is 12.9. The summed E-state index contributed by atoms with van der Waals surface area (Å²) in [6, 6.07) is 13.3. The number of benzene rings is 2. The Kier molecular flexibility index (Phi) is 5.80. The topological polar surface area (TPSA) is 119 Å². The second-order valence-electron chi connectivity index (χ2n) is 7.36. The fourth-order valence-corrected chi connectivity index (χ4v) is 3.83. The molecule has 1 amide bonds. The van der Waals surface area contributed by atoms with Crippen LogP contribution in [-0.2, 0) is 16.1 Å². The minimum atomic E-state index is -0.848. The number of non-ortho nitro benzene ring substituents is 1. The standard InChI is InChI=1S/C23H20N4O5/c28-21(17-5-2-1-3-6-17)19-20(16-7-9-18(10-8-16)27(31)32)26(23(30)22(19)29)13-4-12-25-14-11-24-15-25/h1-3,5-11,14-15,20,28H,4,12-13H2/b21-19+. The van der Waals surface area contributed by atoms with Gasteiger partial charge in [0.25, 0.3) is 17.4 Å². The molecule has 9 nitrogen and oxygen atoms in total. The molecule has 1 atom stereocenters. The molecule has 9 heteroatoms. The summed E-state index contributed by atoms with van der Waals surface area (Å²) >= 11 is 0. The molecule has 32 heavy (non-hydrogen) atoms. The van der Waals surface area contributed by atoms with Gasteiger partial charge in [-0.15, -0.1) is 0 Å². The van der Waals surface area contributed by atoms with Crippen LogP contribution in [0.2, 0.25) is 0 Å². The van der Waals surface area contributed by atoms with Crippen LogP contribution >= 0.6 is 0 Å². The molecule has 162 valence electrons. The molecule has 4 rings (SSSR count). The fraction of sp³-hybridized carbons (Fsp3) is 0.174. The Balaban J connectivity index is 1.73. The van der Waals surface area contributed by atoms with Crippen molar-refractivity contribution in [2.24, 2.45) is 0 Å². The van der Waals surface area contributed by atoms with E-state index in [1.807, 2.05) is 4.57 Å². The van der Waals surface area contributed by atoms with Gasteiger partial charge in [-0.05, 0) is 24.1 Å². The predicted octanol–water partition coefficient (Wildman–Crippen LogP) is 3.30. The van der Waals surface area contributed by atoms with Crippen LogP contribution in [0.4, 0.5) is 5.69 Å². The van der Waals surface area contributed by atoms with Gasteiger partial charge >= 0.3 is 0 Å². The first kappa shape index (κ1) is 21.0. The van der Waals surface area contributed by atoms with Gasteiger partial charge < -0.3 is 14.6 Å². The van der Waals surface area contributed by atoms with Crippen LogP contribution in [-0.4, -0.2) is 42.7 Å². The highest BCUT2D eigenvalue weighted by Gasteiger charge is 2.45. The molecular formula is C23H20N4O5. The monoisotopic (exact) mass is 432 g/mol. The van der Waals surface area contributed by atoms with E-state index in [2.05, 4.69) is 4.98 Å². The molecule has 1 aliphatic heterocycles. The lowest BCUT2D eigenvalue weighted by Gasteiger charge is -2.25. The van der Waals surface area contributed by atoms with Gasteiger partial charge in [0.2, 0.25) is 0 Å². The maximum absolute atomic E-state index is 12.9. The van der Waals surface area contributed by atoms with E-state index in [-0.39, 0.29) is 23.6 Å². The third-order valence-corrected chi connectivity index (χ3v) is 5.38. The number of nitro benzene ring substituents is 1. The molecule has 0 spiro atoms. The van der Waals surface area contributed by atoms with E-state index < -0.39 is 22.7 Å². The Morgan fingerprint density at radius 1 is 1.06 bits per heavy atom. The molecule has 1 aliphatic rings. The first-order valence-electron chi connectivity index (χ1n) is 10.0. The minimum absolute atomic E-state index is 0.0299. The van der Waals surface area contributed by atoms with Crippen molar-refractivity contribution in [3.8, 4) is 0 Å². The van der Waals surface area contributed by atoms with Gasteiger partial charge in [-0.2, -0.15) is 0 Å². The summed E-state index contributed by atoms with van der Waals surface area (Å²) in [6.07, 6.45) is 5.68. The van der Waals surface area contributed by atoms with Crippen LogP contribution in [0.25, 0.3) is 5.76 Å². The molecule has 1 unspecified atom stereocenters. The molecule has 1 N–H and O–H groups in total. The van der Waals surface area contributed by atoms with Crippen molar-refractivity contribution >= 4 is 23.1 Å². The number of carbonyl (C=O) groups excluding carboxylic acids is 2. The van der Waals surface area contributed by atoms with E-state index in [1.165, 1.54) is 29.2 Å². The van der Waals surface area contributed by atoms with E-state index >= 15 is 0 Å². The smallest absolute Gasteiger partial charge is 0.295 e. The fourth-order valence-electron chi connectivity index (χ4n) is 3.83. The van der Waals surface area contributed by atoms with E-state index in [0.29, 0.717) is 24.1 Å². The van der Waals surface area contributed by atoms with Gasteiger partial charge in [-0.25, -0.2) is 4.98 Å². The first-order valence-corrected chi connectivity index (χ1v) is 10.0. The average molecular weight is 432 g/mol. The van der Waals surface area contributed by atoms with E-state index in [9.17, 15) is 24.8 Å². The number of hydrogen-bond donors (Lipinski definition) is 1. The molecule has 0 bridgehead atoms. The number of aliphatic hydroxyl groups excluding tert-OH is 1. The Hall–Kier alpha value is -4.27. The summed E-state index contributed by atoms with van der Waals surface area (Å²) in [5.41, 5.74) is 0.789. The third kappa shape index (κ3) is 4.00. The number of likely N-dealkylation sites (tertiary alicyclic amines) is 1. The summed E-state index contributed by atoms with van der Waals surface area (Å²) in [4.78, 5) is 41.8. The molecule has 3 aromatic rings. The molecule has 0 radical (unpaired) electrons. The highest BCUT2D eigenvalue weighted by atomic mass is 16.6. The van der Waals surface area contributed by atoms with Crippen LogP contribution in [0, 0.1) is 10.1 Å². The number of aliphatic hydroxyl groups is 1. The predicted molar refractivity (Wildman–Crippen MR) is 115 cm³/mol. The molecule has 2 aromatic carbocycles. The number of rotatable bonds is 7. The zero-order chi connectivity index (χ0) is 22.7. The summed E-state index contributed by atoms with van der Waals surface area (Å²) in [6.45, 7) is 0.852. The number of amides is 1. The Morgan fingerprint density at radius 2 is 1.78 bits per heavy atom. The van der Waals surface area contributed by atoms with Crippen molar-refractivity contribution < 1.29 is 19.6 Å². The van der Waals surface area contributed by atoms with Crippen molar-refractivity contribution in [1.29, 1.82) is 0 Å². The highest BCUT2D eigenvalue weighted by Crippen LogP contribution is 2.39. The number of hydrogen-bond acceptors (Lipinski definition) is 6. The Labute approximate surface area is 183 Å². The lowest BCUT2D eigenvalue weighted by Crippen LogP contribution is -2.31. The van der Waals surface area contributed by atoms with Crippen molar-refractivity contribution in [3.05, 3.63) is 100 Å². The van der Waals surface area contributed by atoms with Crippen LogP contribution in [0.3, 0.4) is 0 Å². The number of Topliss-reactive ketones (excluding diaryl/α,β-unsaturated/α-hetero) is 1. The van der Waals surface area contributed by atoms with Crippen molar-refractivity contribution in [2.75, 3.05) is 6.54 Å². The maximum Gasteiger partial charge on any atom is 0.295 e. The number of aryl methyl sites for hydroxylation is 1. The molecule has 1 saturated heterocycles. The molecule has 1 aromatic heterocycles. The lowest BCUT2D eigenvalue weighted by atomic mass is 9.95. The number of nitro groups is 1. The van der Waals surface area contributed by atoms with Gasteiger partial charge in [-0.3, -0.25) is 19.7 Å². The van der Waals surface area contributed by atoms with Gasteiger partial charge in [0.1, 0.15) is 5.76 Å². The van der Waals surface area contributed by atoms with Crippen molar-refractivity contribution in [3.63, 3.8) is 0 Å². The Morgan fingerprint density at radius 3 is 2.41 bits per heavy atom. The number of carbonyl (C=O) groups is 2. The molecular weight excluding hydrogens is 412 g/mol. The van der Waals surface area contributed by atoms with E-state index in [4.69, 9.17) is 0 Å². The van der Waals surface area contributed by atoms with Crippen molar-refractivity contribution in [2.45, 2.75) is 19.0 Å². The van der Waals surface area contributed by atoms with Gasteiger partial charge in [-0.1, -0.05) is 30.3 Å². The number of aromatic nitrogens is 2. The van der Waals surface area contributed by atoms with Gasteiger partial charge in [0, 0.05) is 43.2 Å². The normalized spacial score (nSPS) is 17.6. The highest BCUT2D eigenvalue weighted by molar-refractivity contribution is 6.46. The van der Waals surface area contributed by atoms with E-state index in [1.54, 1.807) is 49.1 Å². The van der Waals surface area contributed by atoms with E-state index in [0.717, 1.165) is 0 Å². The van der Waals surface area contributed by atoms with Gasteiger partial charge in [0.05, 0.1) is 22.9 Å². The molecule has 1 fully saturated rings. The first-order chi connectivity index (χ1) is 15.5. The zero-order valence-electron chi connectivity index (χ0n) is 17.0. The van der Waals surface area contributed by atoms with Crippen LogP contribution in [0.1, 0.15) is 23.6 Å². The second kappa shape index (κ2) is 8.84. The molecule has 2 heterocycles. The molecule has 0 saturated carbocycles. The molecule has 0 aliphatic carbocycles.